The standard InChI is InChI=1S/C13H15FN2OS.C2H4F2/c1-8(10-4-6-11(14)7-5-10)16(3)13-15-12(17)9(2)18-13;1-2(3)4/h4-9H,1-3H3;2H,1H3. The first kappa shape index (κ1) is 18.5. The number of benzene rings is 1. The van der Waals surface area contributed by atoms with Gasteiger partial charge in [-0.15, -0.1) is 0 Å². The van der Waals surface area contributed by atoms with Gasteiger partial charge in [0.25, 0.3) is 5.91 Å². The molecule has 2 rings (SSSR count). The number of amides is 1. The van der Waals surface area contributed by atoms with Gasteiger partial charge in [-0.25, -0.2) is 13.2 Å². The average Bonchev–Trinajstić information content (AvgIpc) is 2.77. The lowest BCUT2D eigenvalue weighted by Gasteiger charge is -2.26. The highest BCUT2D eigenvalue weighted by Gasteiger charge is 2.28. The number of hydrogen-bond donors (Lipinski definition) is 0. The number of alkyl halides is 2. The molecule has 2 atom stereocenters. The smallest absolute Gasteiger partial charge is 0.261 e. The highest BCUT2D eigenvalue weighted by molar-refractivity contribution is 8.15. The third-order valence-electron chi connectivity index (χ3n) is 3.07. The lowest BCUT2D eigenvalue weighted by molar-refractivity contribution is -0.116. The highest BCUT2D eigenvalue weighted by Crippen LogP contribution is 2.28. The summed E-state index contributed by atoms with van der Waals surface area (Å²) in [7, 11) is 1.89. The van der Waals surface area contributed by atoms with Gasteiger partial charge >= 0.3 is 0 Å². The molecule has 0 saturated heterocycles. The van der Waals surface area contributed by atoms with Crippen molar-refractivity contribution in [2.45, 2.75) is 38.5 Å². The zero-order valence-electron chi connectivity index (χ0n) is 12.9. The van der Waals surface area contributed by atoms with Crippen LogP contribution in [0.4, 0.5) is 13.2 Å². The van der Waals surface area contributed by atoms with Crippen LogP contribution in [0.25, 0.3) is 0 Å². The van der Waals surface area contributed by atoms with Crippen LogP contribution < -0.4 is 0 Å². The number of nitrogens with zero attached hydrogens (tertiary/aromatic N) is 2. The van der Waals surface area contributed by atoms with Gasteiger partial charge in [0.2, 0.25) is 6.43 Å². The maximum atomic E-state index is 12.9. The summed E-state index contributed by atoms with van der Waals surface area (Å²) in [6.45, 7) is 4.68. The van der Waals surface area contributed by atoms with Crippen LogP contribution in [-0.2, 0) is 4.79 Å². The minimum Gasteiger partial charge on any atom is -0.347 e. The second kappa shape index (κ2) is 8.22. The molecule has 22 heavy (non-hydrogen) atoms. The first-order chi connectivity index (χ1) is 10.2. The Morgan fingerprint density at radius 3 is 2.14 bits per heavy atom. The Hall–Kier alpha value is -1.50. The van der Waals surface area contributed by atoms with Crippen LogP contribution >= 0.6 is 11.8 Å². The number of aliphatic imine (C=N–C) groups is 1. The topological polar surface area (TPSA) is 32.7 Å². The van der Waals surface area contributed by atoms with Crippen molar-refractivity contribution in [3.8, 4) is 0 Å². The lowest BCUT2D eigenvalue weighted by Crippen LogP contribution is -2.26. The minimum absolute atomic E-state index is 0.0509. The van der Waals surface area contributed by atoms with Gasteiger partial charge in [-0.2, -0.15) is 4.99 Å². The van der Waals surface area contributed by atoms with Gasteiger partial charge in [0.1, 0.15) is 5.82 Å². The summed E-state index contributed by atoms with van der Waals surface area (Å²) in [6, 6.07) is 6.44. The van der Waals surface area contributed by atoms with E-state index in [0.29, 0.717) is 0 Å². The summed E-state index contributed by atoms with van der Waals surface area (Å²) in [5.41, 5.74) is 0.995. The average molecular weight is 332 g/mol. The molecule has 3 nitrogen and oxygen atoms in total. The minimum atomic E-state index is -2.17. The van der Waals surface area contributed by atoms with Crippen LogP contribution in [0.2, 0.25) is 0 Å². The molecule has 0 radical (unpaired) electrons. The Morgan fingerprint density at radius 1 is 1.23 bits per heavy atom. The van der Waals surface area contributed by atoms with Gasteiger partial charge < -0.3 is 4.90 Å². The van der Waals surface area contributed by atoms with Gasteiger partial charge in [0.05, 0.1) is 11.3 Å². The molecule has 0 saturated carbocycles. The largest absolute Gasteiger partial charge is 0.347 e. The van der Waals surface area contributed by atoms with Gasteiger partial charge in [0, 0.05) is 7.05 Å². The Balaban J connectivity index is 0.000000541. The van der Waals surface area contributed by atoms with E-state index >= 15 is 0 Å². The number of thioether (sulfide) groups is 1. The SMILES string of the molecule is CC(F)F.CC1SC(N(C)C(C)c2ccc(F)cc2)=NC1=O. The molecule has 0 N–H and O–H groups in total. The van der Waals surface area contributed by atoms with E-state index in [4.69, 9.17) is 0 Å². The van der Waals surface area contributed by atoms with E-state index in [2.05, 4.69) is 4.99 Å². The molecule has 1 aromatic rings. The second-order valence-electron chi connectivity index (χ2n) is 4.85. The van der Waals surface area contributed by atoms with Crippen LogP contribution in [0, 0.1) is 5.82 Å². The Morgan fingerprint density at radius 2 is 1.73 bits per heavy atom. The number of carbonyl (C=O) groups excluding carboxylic acids is 1. The van der Waals surface area contributed by atoms with E-state index in [1.807, 2.05) is 25.8 Å². The Bertz CT molecular complexity index is 531. The third kappa shape index (κ3) is 5.36. The summed E-state index contributed by atoms with van der Waals surface area (Å²) in [4.78, 5) is 17.4. The van der Waals surface area contributed by atoms with Gasteiger partial charge in [0.15, 0.2) is 5.17 Å². The van der Waals surface area contributed by atoms with Crippen molar-refractivity contribution in [1.82, 2.24) is 4.90 Å². The number of carbonyl (C=O) groups is 1. The fourth-order valence-electron chi connectivity index (χ4n) is 1.71. The molecule has 1 aliphatic rings. The summed E-state index contributed by atoms with van der Waals surface area (Å²) in [5.74, 6) is -0.335. The molecule has 1 aliphatic heterocycles. The molecule has 0 spiro atoms. The first-order valence-electron chi connectivity index (χ1n) is 6.78. The molecule has 2 unspecified atom stereocenters. The van der Waals surface area contributed by atoms with Crippen molar-refractivity contribution in [3.63, 3.8) is 0 Å². The molecular weight excluding hydrogens is 313 g/mol. The van der Waals surface area contributed by atoms with E-state index in [1.54, 1.807) is 12.1 Å². The van der Waals surface area contributed by atoms with Crippen LogP contribution in [0.1, 0.15) is 32.4 Å². The summed E-state index contributed by atoms with van der Waals surface area (Å²) < 4.78 is 33.5. The van der Waals surface area contributed by atoms with Crippen molar-refractivity contribution >= 4 is 22.8 Å². The molecule has 0 aromatic heterocycles. The molecule has 1 heterocycles. The molecular formula is C15H19F3N2OS. The number of rotatable bonds is 2. The van der Waals surface area contributed by atoms with Crippen molar-refractivity contribution in [3.05, 3.63) is 35.6 Å². The zero-order chi connectivity index (χ0) is 16.9. The monoisotopic (exact) mass is 332 g/mol. The number of hydrogen-bond acceptors (Lipinski definition) is 3. The van der Waals surface area contributed by atoms with Crippen LogP contribution in [0.5, 0.6) is 0 Å². The molecule has 7 heteroatoms. The predicted molar refractivity (Wildman–Crippen MR) is 83.8 cm³/mol. The van der Waals surface area contributed by atoms with Crippen molar-refractivity contribution in [2.75, 3.05) is 7.05 Å². The first-order valence-corrected chi connectivity index (χ1v) is 7.66. The van der Waals surface area contributed by atoms with Gasteiger partial charge in [-0.3, -0.25) is 4.79 Å². The zero-order valence-corrected chi connectivity index (χ0v) is 13.7. The summed E-state index contributed by atoms with van der Waals surface area (Å²) >= 11 is 1.46. The van der Waals surface area contributed by atoms with E-state index in [0.717, 1.165) is 17.7 Å². The fourth-order valence-corrected chi connectivity index (χ4v) is 2.65. The van der Waals surface area contributed by atoms with E-state index in [9.17, 15) is 18.0 Å². The molecule has 0 bridgehead atoms. The van der Waals surface area contributed by atoms with E-state index in [-0.39, 0.29) is 23.0 Å². The normalized spacial score (nSPS) is 18.6. The molecule has 0 fully saturated rings. The molecule has 1 aromatic carbocycles. The van der Waals surface area contributed by atoms with Gasteiger partial charge in [-0.1, -0.05) is 23.9 Å². The molecule has 1 amide bonds. The second-order valence-corrected chi connectivity index (χ2v) is 6.16. The molecule has 0 aliphatic carbocycles. The third-order valence-corrected chi connectivity index (χ3v) is 4.22. The quantitative estimate of drug-likeness (QED) is 0.817. The predicted octanol–water partition coefficient (Wildman–Crippen LogP) is 4.11. The van der Waals surface area contributed by atoms with E-state index in [1.165, 1.54) is 23.9 Å². The summed E-state index contributed by atoms with van der Waals surface area (Å²) in [6.07, 6.45) is -2.17. The Labute approximate surface area is 132 Å². The fraction of sp³-hybridized carbons (Fsp3) is 0.467. The number of halogens is 3. The van der Waals surface area contributed by atoms with Gasteiger partial charge in [-0.05, 0) is 38.5 Å². The summed E-state index contributed by atoms with van der Waals surface area (Å²) in [5, 5.41) is 0.618. The van der Waals surface area contributed by atoms with Crippen molar-refractivity contribution < 1.29 is 18.0 Å². The maximum Gasteiger partial charge on any atom is 0.261 e. The van der Waals surface area contributed by atoms with E-state index < -0.39 is 6.43 Å². The van der Waals surface area contributed by atoms with Crippen LogP contribution in [0.15, 0.2) is 29.3 Å². The van der Waals surface area contributed by atoms with Crippen molar-refractivity contribution in [1.29, 1.82) is 0 Å². The van der Waals surface area contributed by atoms with Crippen molar-refractivity contribution in [2.24, 2.45) is 4.99 Å². The Kier molecular flexibility index (Phi) is 6.93. The maximum absolute atomic E-state index is 12.9. The van der Waals surface area contributed by atoms with Crippen LogP contribution in [-0.4, -0.2) is 34.7 Å². The number of amidine groups is 1. The van der Waals surface area contributed by atoms with Crippen LogP contribution in [0.3, 0.4) is 0 Å². The molecule has 122 valence electrons. The lowest BCUT2D eigenvalue weighted by atomic mass is 10.1. The highest BCUT2D eigenvalue weighted by atomic mass is 32.2.